The molecule has 0 saturated heterocycles. The van der Waals surface area contributed by atoms with Crippen molar-refractivity contribution in [3.63, 3.8) is 0 Å². The van der Waals surface area contributed by atoms with Crippen LogP contribution >= 0.6 is 0 Å². The highest BCUT2D eigenvalue weighted by molar-refractivity contribution is 5.97. The summed E-state index contributed by atoms with van der Waals surface area (Å²) in [5.74, 6) is -0.171. The van der Waals surface area contributed by atoms with E-state index in [4.69, 9.17) is 0 Å². The smallest absolute Gasteiger partial charge is 0.251 e. The average Bonchev–Trinajstić information content (AvgIpc) is 3.02. The third-order valence-corrected chi connectivity index (χ3v) is 8.75. The summed E-state index contributed by atoms with van der Waals surface area (Å²) < 4.78 is 0. The van der Waals surface area contributed by atoms with Gasteiger partial charge in [0.2, 0.25) is 0 Å². The monoisotopic (exact) mass is 615 g/mol. The third-order valence-electron chi connectivity index (χ3n) is 8.75. The lowest BCUT2D eigenvalue weighted by atomic mass is 10.1. The Labute approximate surface area is 272 Å². The number of nitrogens with one attached hydrogen (secondary N) is 2. The van der Waals surface area contributed by atoms with Gasteiger partial charge in [-0.05, 0) is 64.3 Å². The van der Waals surface area contributed by atoms with Gasteiger partial charge in [-0.2, -0.15) is 0 Å². The topological polar surface area (TPSA) is 64.7 Å². The fourth-order valence-electron chi connectivity index (χ4n) is 5.66. The van der Waals surface area contributed by atoms with Gasteiger partial charge in [-0.1, -0.05) is 129 Å². The standard InChI is InChI=1S/C38H70N4O2/c1-5-7-9-11-13-15-17-19-21-23-31-41(3)33-29-39-37(43)35-25-27-36(28-26-35)38(44)40-30-34-42(4)32-24-22-20-18-16-14-12-10-8-6-2/h25-28H,5-24,29-34H2,1-4H3,(H,39,43)(H,40,44). The molecule has 44 heavy (non-hydrogen) atoms. The molecule has 0 saturated carbocycles. The van der Waals surface area contributed by atoms with Crippen molar-refractivity contribution in [1.82, 2.24) is 20.4 Å². The number of amides is 2. The molecule has 1 aromatic carbocycles. The molecule has 0 heterocycles. The maximum atomic E-state index is 12.6. The van der Waals surface area contributed by atoms with Gasteiger partial charge in [0.1, 0.15) is 0 Å². The van der Waals surface area contributed by atoms with E-state index in [1.807, 2.05) is 0 Å². The van der Waals surface area contributed by atoms with Crippen LogP contribution in [0.2, 0.25) is 0 Å². The lowest BCUT2D eigenvalue weighted by Gasteiger charge is -2.17. The summed E-state index contributed by atoms with van der Waals surface area (Å²) in [4.78, 5) is 29.7. The first-order valence-corrected chi connectivity index (χ1v) is 18.5. The zero-order valence-corrected chi connectivity index (χ0v) is 29.4. The van der Waals surface area contributed by atoms with E-state index >= 15 is 0 Å². The maximum absolute atomic E-state index is 12.6. The van der Waals surface area contributed by atoms with Crippen molar-refractivity contribution in [2.75, 3.05) is 53.4 Å². The van der Waals surface area contributed by atoms with Crippen LogP contribution in [0.1, 0.15) is 163 Å². The molecule has 6 heteroatoms. The predicted octanol–water partition coefficient (Wildman–Crippen LogP) is 8.85. The molecule has 0 radical (unpaired) electrons. The van der Waals surface area contributed by atoms with Crippen LogP contribution < -0.4 is 10.6 Å². The molecule has 0 fully saturated rings. The van der Waals surface area contributed by atoms with Crippen molar-refractivity contribution in [1.29, 1.82) is 0 Å². The minimum atomic E-state index is -0.0853. The Hall–Kier alpha value is -1.92. The van der Waals surface area contributed by atoms with Crippen LogP contribution in [0, 0.1) is 0 Å². The first kappa shape index (κ1) is 40.1. The van der Waals surface area contributed by atoms with Crippen LogP contribution in [0.3, 0.4) is 0 Å². The minimum Gasteiger partial charge on any atom is -0.351 e. The third kappa shape index (κ3) is 22.6. The van der Waals surface area contributed by atoms with E-state index in [1.165, 1.54) is 128 Å². The highest BCUT2D eigenvalue weighted by atomic mass is 16.2. The predicted molar refractivity (Wildman–Crippen MR) is 190 cm³/mol. The Bertz CT molecular complexity index is 747. The van der Waals surface area contributed by atoms with Gasteiger partial charge in [-0.3, -0.25) is 9.59 Å². The molecule has 0 aliphatic rings. The number of rotatable bonds is 30. The normalized spacial score (nSPS) is 11.4. The lowest BCUT2D eigenvalue weighted by Crippen LogP contribution is -2.34. The first-order chi connectivity index (χ1) is 21.5. The number of carbonyl (C=O) groups excluding carboxylic acids is 2. The van der Waals surface area contributed by atoms with Crippen LogP contribution in [0.5, 0.6) is 0 Å². The van der Waals surface area contributed by atoms with Gasteiger partial charge in [0.05, 0.1) is 0 Å². The van der Waals surface area contributed by atoms with Gasteiger partial charge >= 0.3 is 0 Å². The molecule has 1 rings (SSSR count). The Balaban J connectivity index is 2.08. The SMILES string of the molecule is CCCCCCCCCCCCN(C)CCNC(=O)c1ccc(C(=O)NCCN(C)CCCCCCCCCCCC)cc1. The highest BCUT2D eigenvalue weighted by Crippen LogP contribution is 2.12. The maximum Gasteiger partial charge on any atom is 0.251 e. The van der Waals surface area contributed by atoms with Gasteiger partial charge < -0.3 is 20.4 Å². The van der Waals surface area contributed by atoms with Crippen molar-refractivity contribution in [2.45, 2.75) is 142 Å². The quantitative estimate of drug-likeness (QED) is 0.0850. The second-order valence-electron chi connectivity index (χ2n) is 13.1. The number of hydrogen-bond acceptors (Lipinski definition) is 4. The van der Waals surface area contributed by atoms with E-state index in [2.05, 4.69) is 48.4 Å². The summed E-state index contributed by atoms with van der Waals surface area (Å²) in [5.41, 5.74) is 1.19. The van der Waals surface area contributed by atoms with Crippen LogP contribution in [0.4, 0.5) is 0 Å². The fraction of sp³-hybridized carbons (Fsp3) is 0.789. The van der Waals surface area contributed by atoms with E-state index < -0.39 is 0 Å². The van der Waals surface area contributed by atoms with Crippen molar-refractivity contribution >= 4 is 11.8 Å². The number of nitrogens with zero attached hydrogens (tertiary/aromatic N) is 2. The molecule has 0 atom stereocenters. The summed E-state index contributed by atoms with van der Waals surface area (Å²) in [7, 11) is 4.26. The molecule has 0 bridgehead atoms. The molecule has 254 valence electrons. The molecule has 2 N–H and O–H groups in total. The van der Waals surface area contributed by atoms with Crippen LogP contribution in [0.25, 0.3) is 0 Å². The molecular formula is C38H70N4O2. The highest BCUT2D eigenvalue weighted by Gasteiger charge is 2.10. The van der Waals surface area contributed by atoms with Crippen molar-refractivity contribution in [3.8, 4) is 0 Å². The van der Waals surface area contributed by atoms with Gasteiger partial charge in [0.25, 0.3) is 11.8 Å². The van der Waals surface area contributed by atoms with Gasteiger partial charge in [0, 0.05) is 37.3 Å². The van der Waals surface area contributed by atoms with Crippen LogP contribution in [0.15, 0.2) is 24.3 Å². The second kappa shape index (κ2) is 28.5. The Morgan fingerprint density at radius 3 is 1.02 bits per heavy atom. The number of hydrogen-bond donors (Lipinski definition) is 2. The largest absolute Gasteiger partial charge is 0.351 e. The van der Waals surface area contributed by atoms with E-state index in [1.54, 1.807) is 24.3 Å². The fourth-order valence-corrected chi connectivity index (χ4v) is 5.66. The summed E-state index contributed by atoms with van der Waals surface area (Å²) >= 11 is 0. The summed E-state index contributed by atoms with van der Waals surface area (Å²) in [6, 6.07) is 6.98. The van der Waals surface area contributed by atoms with Crippen molar-refractivity contribution in [2.24, 2.45) is 0 Å². The van der Waals surface area contributed by atoms with Gasteiger partial charge in [-0.25, -0.2) is 0 Å². The van der Waals surface area contributed by atoms with E-state index in [9.17, 15) is 9.59 Å². The number of likely N-dealkylation sites (N-methyl/N-ethyl adjacent to an activating group) is 2. The summed E-state index contributed by atoms with van der Waals surface area (Å²) in [6.45, 7) is 9.63. The average molecular weight is 615 g/mol. The number of benzene rings is 1. The minimum absolute atomic E-state index is 0.0853. The van der Waals surface area contributed by atoms with Crippen molar-refractivity contribution < 1.29 is 9.59 Å². The van der Waals surface area contributed by atoms with E-state index in [0.717, 1.165) is 26.2 Å². The second-order valence-corrected chi connectivity index (χ2v) is 13.1. The summed E-state index contributed by atoms with van der Waals surface area (Å²) in [5, 5.41) is 6.04. The molecule has 0 unspecified atom stereocenters. The zero-order valence-electron chi connectivity index (χ0n) is 29.4. The van der Waals surface area contributed by atoms with Crippen LogP contribution in [-0.4, -0.2) is 75.0 Å². The van der Waals surface area contributed by atoms with Crippen molar-refractivity contribution in [3.05, 3.63) is 35.4 Å². The number of unbranched alkanes of at least 4 members (excludes halogenated alkanes) is 18. The molecular weight excluding hydrogens is 544 g/mol. The molecule has 0 aliphatic heterocycles. The summed E-state index contributed by atoms with van der Waals surface area (Å²) in [6.07, 6.45) is 27.0. The Kier molecular flexibility index (Phi) is 26.0. The van der Waals surface area contributed by atoms with Crippen LogP contribution in [-0.2, 0) is 0 Å². The van der Waals surface area contributed by atoms with E-state index in [-0.39, 0.29) is 11.8 Å². The first-order valence-electron chi connectivity index (χ1n) is 18.5. The zero-order chi connectivity index (χ0) is 32.1. The molecule has 0 aliphatic carbocycles. The molecule has 2 amide bonds. The van der Waals surface area contributed by atoms with E-state index in [0.29, 0.717) is 24.2 Å². The number of carbonyl (C=O) groups is 2. The molecule has 0 spiro atoms. The lowest BCUT2D eigenvalue weighted by molar-refractivity contribution is 0.0938. The van der Waals surface area contributed by atoms with Gasteiger partial charge in [0.15, 0.2) is 0 Å². The molecule has 0 aromatic heterocycles. The van der Waals surface area contributed by atoms with Gasteiger partial charge in [-0.15, -0.1) is 0 Å². The Morgan fingerprint density at radius 1 is 0.455 bits per heavy atom. The molecule has 6 nitrogen and oxygen atoms in total. The molecule has 1 aromatic rings. The Morgan fingerprint density at radius 2 is 0.727 bits per heavy atom.